The Morgan fingerprint density at radius 3 is 2.55 bits per heavy atom. The van der Waals surface area contributed by atoms with Gasteiger partial charge in [0, 0.05) is 30.0 Å². The first kappa shape index (κ1) is 19.4. The number of benzene rings is 2. The first-order valence-electron chi connectivity index (χ1n) is 9.08. The molecular formula is C22H20N2O3S2. The molecule has 1 aliphatic heterocycles. The highest BCUT2D eigenvalue weighted by Gasteiger charge is 2.16. The van der Waals surface area contributed by atoms with Gasteiger partial charge in [-0.05, 0) is 54.5 Å². The highest BCUT2D eigenvalue weighted by atomic mass is 32.1. The fourth-order valence-corrected chi connectivity index (χ4v) is 4.50. The van der Waals surface area contributed by atoms with Crippen LogP contribution in [0.15, 0.2) is 47.5 Å². The van der Waals surface area contributed by atoms with Gasteiger partial charge in [0.05, 0.1) is 24.8 Å². The third-order valence-corrected chi connectivity index (χ3v) is 6.21. The lowest BCUT2D eigenvalue weighted by Crippen LogP contribution is -2.00. The van der Waals surface area contributed by atoms with E-state index in [1.165, 1.54) is 11.3 Å². The summed E-state index contributed by atoms with van der Waals surface area (Å²) < 4.78 is 12.9. The summed E-state index contributed by atoms with van der Waals surface area (Å²) in [6.07, 6.45) is 4.50. The zero-order chi connectivity index (χ0) is 20.4. The van der Waals surface area contributed by atoms with Crippen LogP contribution in [0.3, 0.4) is 0 Å². The first-order chi connectivity index (χ1) is 14.1. The summed E-state index contributed by atoms with van der Waals surface area (Å²) in [7, 11) is 3.29. The molecule has 1 aromatic heterocycles. The Bertz CT molecular complexity index is 1160. The van der Waals surface area contributed by atoms with Crippen molar-refractivity contribution < 1.29 is 14.6 Å². The molecule has 0 aliphatic carbocycles. The molecule has 1 N–H and O–H groups in total. The molecule has 2 heterocycles. The van der Waals surface area contributed by atoms with E-state index in [-0.39, 0.29) is 5.88 Å². The van der Waals surface area contributed by atoms with Crippen molar-refractivity contribution in [3.8, 4) is 17.4 Å². The quantitative estimate of drug-likeness (QED) is 0.531. The normalized spacial score (nSPS) is 13.7. The molecular weight excluding hydrogens is 404 g/mol. The number of thiazole rings is 1. The smallest absolute Gasteiger partial charge is 0.210 e. The van der Waals surface area contributed by atoms with Crippen LogP contribution >= 0.6 is 23.6 Å². The molecule has 0 saturated heterocycles. The van der Waals surface area contributed by atoms with Crippen LogP contribution in [0.2, 0.25) is 0 Å². The topological polar surface area (TPSA) is 56.0 Å². The summed E-state index contributed by atoms with van der Waals surface area (Å²) in [6.45, 7) is 0.610. The molecule has 148 valence electrons. The summed E-state index contributed by atoms with van der Waals surface area (Å²) >= 11 is 6.89. The average molecular weight is 425 g/mol. The number of ether oxygens (including phenoxy) is 2. The molecule has 0 fully saturated rings. The highest BCUT2D eigenvalue weighted by Crippen LogP contribution is 2.37. The number of aromatic hydroxyl groups is 1. The van der Waals surface area contributed by atoms with Crippen molar-refractivity contribution in [2.24, 2.45) is 4.99 Å². The largest absolute Gasteiger partial charge is 0.497 e. The standard InChI is InChI=1S/C22H20N2O3S2/c1-26-16-5-3-14(4-6-16)9-10-24-21(25)20(29-22(24)28)11-15-13-23-19-12-17(27-2)7-8-18(15)19/h3-8,11-13,25H,9-10H2,1-2H3. The molecule has 0 saturated carbocycles. The number of methoxy groups -OCH3 is 2. The van der Waals surface area contributed by atoms with Crippen molar-refractivity contribution in [2.75, 3.05) is 14.2 Å². The Labute approximate surface area is 178 Å². The van der Waals surface area contributed by atoms with Crippen molar-refractivity contribution in [3.05, 3.63) is 62.4 Å². The highest BCUT2D eigenvalue weighted by molar-refractivity contribution is 7.73. The maximum absolute atomic E-state index is 10.7. The van der Waals surface area contributed by atoms with E-state index in [1.807, 2.05) is 48.5 Å². The zero-order valence-corrected chi connectivity index (χ0v) is 17.7. The molecule has 0 atom stereocenters. The van der Waals surface area contributed by atoms with E-state index in [9.17, 15) is 5.11 Å². The van der Waals surface area contributed by atoms with E-state index in [2.05, 4.69) is 4.99 Å². The Balaban J connectivity index is 1.56. The van der Waals surface area contributed by atoms with Gasteiger partial charge in [0.2, 0.25) is 5.88 Å². The van der Waals surface area contributed by atoms with Crippen molar-refractivity contribution in [1.29, 1.82) is 0 Å². The van der Waals surface area contributed by atoms with E-state index < -0.39 is 0 Å². The van der Waals surface area contributed by atoms with Gasteiger partial charge in [-0.1, -0.05) is 12.1 Å². The lowest BCUT2D eigenvalue weighted by atomic mass is 10.1. The second-order valence-electron chi connectivity index (χ2n) is 6.55. The molecule has 0 radical (unpaired) electrons. The van der Waals surface area contributed by atoms with Crippen molar-refractivity contribution >= 4 is 47.1 Å². The van der Waals surface area contributed by atoms with Crippen LogP contribution in [0, 0.1) is 3.95 Å². The van der Waals surface area contributed by atoms with Crippen LogP contribution in [-0.2, 0) is 13.0 Å². The average Bonchev–Trinajstić information content (AvgIpc) is 3.27. The van der Waals surface area contributed by atoms with Gasteiger partial charge in [-0.25, -0.2) is 0 Å². The third-order valence-electron chi connectivity index (χ3n) is 4.82. The van der Waals surface area contributed by atoms with E-state index in [0.29, 0.717) is 10.5 Å². The Morgan fingerprint density at radius 2 is 1.83 bits per heavy atom. The van der Waals surface area contributed by atoms with Crippen molar-refractivity contribution in [2.45, 2.75) is 13.0 Å². The van der Waals surface area contributed by atoms with Gasteiger partial charge in [-0.2, -0.15) is 0 Å². The summed E-state index contributed by atoms with van der Waals surface area (Å²) in [5.41, 5.74) is 3.97. The van der Waals surface area contributed by atoms with Crippen LogP contribution in [-0.4, -0.2) is 30.1 Å². The molecule has 4 rings (SSSR count). The number of allylic oxidation sites excluding steroid dienone is 1. The first-order valence-corrected chi connectivity index (χ1v) is 10.3. The van der Waals surface area contributed by atoms with Crippen LogP contribution in [0.25, 0.3) is 11.6 Å². The number of hydrogen-bond acceptors (Lipinski definition) is 6. The van der Waals surface area contributed by atoms with Gasteiger partial charge in [-0.3, -0.25) is 9.56 Å². The van der Waals surface area contributed by atoms with Gasteiger partial charge < -0.3 is 14.6 Å². The summed E-state index contributed by atoms with van der Waals surface area (Å²) in [5, 5.41) is 10.7. The van der Waals surface area contributed by atoms with Gasteiger partial charge in [0.1, 0.15) is 11.5 Å². The Kier molecular flexibility index (Phi) is 5.51. The molecule has 5 nitrogen and oxygen atoms in total. The number of aromatic nitrogens is 1. The Hall–Kier alpha value is -2.90. The summed E-state index contributed by atoms with van der Waals surface area (Å²) in [4.78, 5) is 5.17. The van der Waals surface area contributed by atoms with Crippen LogP contribution < -0.4 is 9.47 Å². The molecule has 0 unspecified atom stereocenters. The maximum Gasteiger partial charge on any atom is 0.210 e. The number of fused-ring (bicyclic) bond motifs is 1. The molecule has 3 aromatic rings. The molecule has 1 aliphatic rings. The predicted molar refractivity (Wildman–Crippen MR) is 121 cm³/mol. The van der Waals surface area contributed by atoms with Crippen molar-refractivity contribution in [1.82, 2.24) is 4.57 Å². The molecule has 0 amide bonds. The predicted octanol–water partition coefficient (Wildman–Crippen LogP) is 5.50. The second-order valence-corrected chi connectivity index (χ2v) is 8.22. The minimum Gasteiger partial charge on any atom is -0.497 e. The third kappa shape index (κ3) is 3.97. The van der Waals surface area contributed by atoms with E-state index in [1.54, 1.807) is 25.0 Å². The molecule has 2 aromatic carbocycles. The van der Waals surface area contributed by atoms with Crippen LogP contribution in [0.5, 0.6) is 17.4 Å². The fourth-order valence-electron chi connectivity index (χ4n) is 3.19. The fraction of sp³-hybridized carbons (Fsp3) is 0.182. The number of aliphatic imine (C=N–C) groups is 1. The molecule has 0 spiro atoms. The number of aryl methyl sites for hydroxylation is 1. The molecule has 7 heteroatoms. The molecule has 0 bridgehead atoms. The van der Waals surface area contributed by atoms with E-state index in [0.717, 1.165) is 45.2 Å². The van der Waals surface area contributed by atoms with Gasteiger partial charge in [-0.15, -0.1) is 11.3 Å². The zero-order valence-electron chi connectivity index (χ0n) is 16.1. The van der Waals surface area contributed by atoms with Gasteiger partial charge in [0.25, 0.3) is 0 Å². The van der Waals surface area contributed by atoms with E-state index >= 15 is 0 Å². The lowest BCUT2D eigenvalue weighted by molar-refractivity contribution is 0.412. The maximum atomic E-state index is 10.7. The lowest BCUT2D eigenvalue weighted by Gasteiger charge is -2.06. The minimum atomic E-state index is 0.191. The van der Waals surface area contributed by atoms with Gasteiger partial charge >= 0.3 is 0 Å². The summed E-state index contributed by atoms with van der Waals surface area (Å²) in [5.74, 6) is 1.79. The van der Waals surface area contributed by atoms with Crippen molar-refractivity contribution in [3.63, 3.8) is 0 Å². The summed E-state index contributed by atoms with van der Waals surface area (Å²) in [6, 6.07) is 13.7. The van der Waals surface area contributed by atoms with E-state index in [4.69, 9.17) is 21.7 Å². The van der Waals surface area contributed by atoms with Crippen LogP contribution in [0.1, 0.15) is 16.0 Å². The Morgan fingerprint density at radius 1 is 1.10 bits per heavy atom. The number of nitrogens with zero attached hydrogens (tertiary/aromatic N) is 2. The van der Waals surface area contributed by atoms with Crippen LogP contribution in [0.4, 0.5) is 5.69 Å². The SMILES string of the molecule is COc1ccc(CCn2c(O)c(C=C3C=Nc4cc(OC)ccc43)sc2=S)cc1. The second kappa shape index (κ2) is 8.23. The molecule has 29 heavy (non-hydrogen) atoms. The monoisotopic (exact) mass is 424 g/mol. The van der Waals surface area contributed by atoms with Gasteiger partial charge in [0.15, 0.2) is 3.95 Å². The minimum absolute atomic E-state index is 0.191. The number of hydrogen-bond donors (Lipinski definition) is 1. The number of rotatable bonds is 6.